The van der Waals surface area contributed by atoms with Gasteiger partial charge in [0.25, 0.3) is 10.0 Å². The van der Waals surface area contributed by atoms with E-state index in [1.54, 1.807) is 30.3 Å². The maximum absolute atomic E-state index is 12.8. The molecule has 0 amide bonds. The number of hydrogen-bond acceptors (Lipinski definition) is 6. The lowest BCUT2D eigenvalue weighted by atomic mass is 10.1. The fourth-order valence-corrected chi connectivity index (χ4v) is 5.95. The van der Waals surface area contributed by atoms with Crippen LogP contribution in [-0.4, -0.2) is 37.8 Å². The largest absolute Gasteiger partial charge is 0.478 e. The van der Waals surface area contributed by atoms with Crippen molar-refractivity contribution in [3.05, 3.63) is 51.9 Å². The van der Waals surface area contributed by atoms with Gasteiger partial charge in [-0.2, -0.15) is 0 Å². The molecule has 1 atom stereocenters. The smallest absolute Gasteiger partial charge is 0.338 e. The van der Waals surface area contributed by atoms with Gasteiger partial charge in [0.1, 0.15) is 4.21 Å². The molecule has 2 aromatic rings. The first-order valence-electron chi connectivity index (χ1n) is 7.70. The molecule has 4 N–H and O–H groups in total. The van der Waals surface area contributed by atoms with Gasteiger partial charge in [-0.05, 0) is 24.1 Å². The predicted octanol–water partition coefficient (Wildman–Crippen LogP) is 1.10. The first-order chi connectivity index (χ1) is 11.9. The molecule has 0 saturated carbocycles. The van der Waals surface area contributed by atoms with Crippen molar-refractivity contribution in [3.63, 3.8) is 0 Å². The van der Waals surface area contributed by atoms with Crippen LogP contribution in [0.25, 0.3) is 0 Å². The van der Waals surface area contributed by atoms with Gasteiger partial charge in [-0.1, -0.05) is 30.3 Å². The van der Waals surface area contributed by atoms with Crippen molar-refractivity contribution in [1.29, 1.82) is 0 Å². The van der Waals surface area contributed by atoms with Gasteiger partial charge in [0.05, 0.1) is 18.2 Å². The van der Waals surface area contributed by atoms with Gasteiger partial charge in [0.15, 0.2) is 0 Å². The van der Waals surface area contributed by atoms with Crippen molar-refractivity contribution in [3.8, 4) is 0 Å². The first kappa shape index (κ1) is 18.0. The monoisotopic (exact) mass is 382 g/mol. The zero-order chi connectivity index (χ0) is 18.0. The van der Waals surface area contributed by atoms with Crippen LogP contribution in [0.15, 0.2) is 34.5 Å². The van der Waals surface area contributed by atoms with Gasteiger partial charge in [0, 0.05) is 11.4 Å². The minimum absolute atomic E-state index is 0.154. The Hall–Kier alpha value is -1.78. The lowest BCUT2D eigenvalue weighted by Gasteiger charge is -2.16. The van der Waals surface area contributed by atoms with Crippen LogP contribution in [0.2, 0.25) is 0 Å². The molecule has 0 bridgehead atoms. The summed E-state index contributed by atoms with van der Waals surface area (Å²) in [6.45, 7) is 0.635. The van der Waals surface area contributed by atoms with Gasteiger partial charge in [-0.3, -0.25) is 0 Å². The van der Waals surface area contributed by atoms with Crippen LogP contribution < -0.4 is 10.0 Å². The number of sulfonamides is 1. The van der Waals surface area contributed by atoms with Crippen LogP contribution in [0.4, 0.5) is 0 Å². The average molecular weight is 382 g/mol. The van der Waals surface area contributed by atoms with E-state index in [4.69, 9.17) is 0 Å². The number of aromatic carboxylic acids is 1. The summed E-state index contributed by atoms with van der Waals surface area (Å²) in [5.41, 5.74) is 1.03. The Morgan fingerprint density at radius 2 is 2.04 bits per heavy atom. The van der Waals surface area contributed by atoms with Crippen LogP contribution in [0.3, 0.4) is 0 Å². The maximum atomic E-state index is 12.8. The fraction of sp³-hybridized carbons (Fsp3) is 0.312. The third-order valence-corrected chi connectivity index (χ3v) is 7.26. The molecule has 1 aromatic carbocycles. The number of benzene rings is 1. The lowest BCUT2D eigenvalue weighted by molar-refractivity contribution is 0.0692. The van der Waals surface area contributed by atoms with Crippen molar-refractivity contribution in [2.45, 2.75) is 23.2 Å². The Kier molecular flexibility index (Phi) is 5.21. The molecule has 1 aliphatic heterocycles. The van der Waals surface area contributed by atoms with Crippen LogP contribution >= 0.6 is 11.3 Å². The zero-order valence-corrected chi connectivity index (χ0v) is 14.9. The van der Waals surface area contributed by atoms with Crippen LogP contribution in [0, 0.1) is 0 Å². The molecular formula is C16H18N2O5S2. The number of nitrogens with one attached hydrogen (secondary N) is 2. The highest BCUT2D eigenvalue weighted by Crippen LogP contribution is 2.35. The summed E-state index contributed by atoms with van der Waals surface area (Å²) < 4.78 is 27.9. The standard InChI is InChI=1S/C16H18N2O5S2/c19-9-12(10-4-2-1-3-5-10)18-25(22,23)16-14(15(20)21)11-6-7-17-8-13(11)24-16/h1-5,12,17-19H,6-9H2,(H,20,21)/t12-/m0/s1. The second kappa shape index (κ2) is 7.22. The van der Waals surface area contributed by atoms with Gasteiger partial charge in [-0.15, -0.1) is 11.3 Å². The quantitative estimate of drug-likeness (QED) is 0.595. The SMILES string of the molecule is O=C(O)c1c(S(=O)(=O)N[C@@H](CO)c2ccccc2)sc2c1CCNC2. The molecule has 7 nitrogen and oxygen atoms in total. The van der Waals surface area contributed by atoms with Gasteiger partial charge in [-0.25, -0.2) is 17.9 Å². The Morgan fingerprint density at radius 1 is 1.32 bits per heavy atom. The normalized spacial score (nSPS) is 15.6. The summed E-state index contributed by atoms with van der Waals surface area (Å²) >= 11 is 0.969. The highest BCUT2D eigenvalue weighted by atomic mass is 32.2. The molecule has 2 heterocycles. The van der Waals surface area contributed by atoms with E-state index in [2.05, 4.69) is 10.0 Å². The van der Waals surface area contributed by atoms with E-state index >= 15 is 0 Å². The van der Waals surface area contributed by atoms with Crippen molar-refractivity contribution < 1.29 is 23.4 Å². The molecule has 134 valence electrons. The van der Waals surface area contributed by atoms with Crippen molar-refractivity contribution in [2.75, 3.05) is 13.2 Å². The Morgan fingerprint density at radius 3 is 2.68 bits per heavy atom. The van der Waals surface area contributed by atoms with E-state index in [-0.39, 0.29) is 9.77 Å². The minimum atomic E-state index is -4.09. The number of fused-ring (bicyclic) bond motifs is 1. The second-order valence-electron chi connectivity index (χ2n) is 5.67. The molecule has 0 unspecified atom stereocenters. The number of thiophene rings is 1. The molecular weight excluding hydrogens is 364 g/mol. The van der Waals surface area contributed by atoms with Crippen LogP contribution in [0.1, 0.15) is 32.4 Å². The lowest BCUT2D eigenvalue weighted by Crippen LogP contribution is -2.31. The predicted molar refractivity (Wildman–Crippen MR) is 93.3 cm³/mol. The molecule has 0 radical (unpaired) electrons. The number of carboxylic acid groups (broad SMARTS) is 1. The van der Waals surface area contributed by atoms with E-state index in [9.17, 15) is 23.4 Å². The molecule has 1 aliphatic rings. The molecule has 25 heavy (non-hydrogen) atoms. The Balaban J connectivity index is 2.00. The van der Waals surface area contributed by atoms with E-state index in [0.29, 0.717) is 30.6 Å². The number of rotatable bonds is 6. The number of carbonyl (C=O) groups is 1. The molecule has 0 spiro atoms. The van der Waals surface area contributed by atoms with Crippen molar-refractivity contribution in [1.82, 2.24) is 10.0 Å². The number of hydrogen-bond donors (Lipinski definition) is 4. The summed E-state index contributed by atoms with van der Waals surface area (Å²) in [5, 5.41) is 22.2. The van der Waals surface area contributed by atoms with E-state index < -0.39 is 28.6 Å². The van der Waals surface area contributed by atoms with Crippen molar-refractivity contribution >= 4 is 27.3 Å². The molecule has 0 aliphatic carbocycles. The number of aliphatic hydroxyl groups excluding tert-OH is 1. The summed E-state index contributed by atoms with van der Waals surface area (Å²) in [4.78, 5) is 12.4. The molecule has 9 heteroatoms. The van der Waals surface area contributed by atoms with Gasteiger partial charge < -0.3 is 15.5 Å². The Bertz CT molecular complexity index is 877. The maximum Gasteiger partial charge on any atom is 0.338 e. The summed E-state index contributed by atoms with van der Waals surface area (Å²) in [7, 11) is -4.09. The number of carboxylic acids is 1. The van der Waals surface area contributed by atoms with E-state index in [1.165, 1.54) is 0 Å². The summed E-state index contributed by atoms with van der Waals surface area (Å²) in [6.07, 6.45) is 0.477. The van der Waals surface area contributed by atoms with Gasteiger partial charge >= 0.3 is 5.97 Å². The molecule has 1 aromatic heterocycles. The third-order valence-electron chi connectivity index (χ3n) is 4.04. The fourth-order valence-electron chi connectivity index (χ4n) is 2.85. The van der Waals surface area contributed by atoms with Gasteiger partial charge in [0.2, 0.25) is 0 Å². The van der Waals surface area contributed by atoms with E-state index in [1.807, 2.05) is 0 Å². The first-order valence-corrected chi connectivity index (χ1v) is 10.0. The molecule has 0 saturated heterocycles. The van der Waals surface area contributed by atoms with Crippen molar-refractivity contribution in [2.24, 2.45) is 0 Å². The zero-order valence-electron chi connectivity index (χ0n) is 13.2. The number of aliphatic hydroxyl groups is 1. The minimum Gasteiger partial charge on any atom is -0.478 e. The average Bonchev–Trinajstić information content (AvgIpc) is 3.01. The van der Waals surface area contributed by atoms with Crippen LogP contribution in [0.5, 0.6) is 0 Å². The summed E-state index contributed by atoms with van der Waals surface area (Å²) in [5.74, 6) is -1.25. The molecule has 3 rings (SSSR count). The summed E-state index contributed by atoms with van der Waals surface area (Å²) in [6, 6.07) is 7.82. The highest BCUT2D eigenvalue weighted by molar-refractivity contribution is 7.91. The molecule has 0 fully saturated rings. The topological polar surface area (TPSA) is 116 Å². The van der Waals surface area contributed by atoms with Crippen LogP contribution in [-0.2, 0) is 23.0 Å². The third kappa shape index (κ3) is 3.60. The van der Waals surface area contributed by atoms with E-state index in [0.717, 1.165) is 16.2 Å². The highest BCUT2D eigenvalue weighted by Gasteiger charge is 2.33. The Labute approximate surface area is 149 Å². The second-order valence-corrected chi connectivity index (χ2v) is 8.68.